The fourth-order valence-electron chi connectivity index (χ4n) is 2.25. The van der Waals surface area contributed by atoms with Crippen LogP contribution in [0.5, 0.6) is 0 Å². The lowest BCUT2D eigenvalue weighted by Gasteiger charge is -2.30. The Kier molecular flexibility index (Phi) is 3.10. The van der Waals surface area contributed by atoms with Crippen molar-refractivity contribution in [1.82, 2.24) is 4.98 Å². The third kappa shape index (κ3) is 2.12. The monoisotopic (exact) mass is 289 g/mol. The lowest BCUT2D eigenvalue weighted by molar-refractivity contribution is 0.590. The van der Waals surface area contributed by atoms with Gasteiger partial charge in [0.25, 0.3) is 10.0 Å². The predicted octanol–water partition coefficient (Wildman–Crippen LogP) is 2.01. The molecule has 0 saturated heterocycles. The minimum atomic E-state index is -3.54. The SMILES string of the molecule is Cc1cnc2c(c1)N(S(=O)(=O)c1ccccc1)CCN2. The van der Waals surface area contributed by atoms with Gasteiger partial charge in [-0.2, -0.15) is 0 Å². The summed E-state index contributed by atoms with van der Waals surface area (Å²) in [7, 11) is -3.54. The number of rotatable bonds is 2. The molecule has 6 heteroatoms. The van der Waals surface area contributed by atoms with Crippen LogP contribution in [0, 0.1) is 6.92 Å². The van der Waals surface area contributed by atoms with E-state index in [0.717, 1.165) is 5.56 Å². The van der Waals surface area contributed by atoms with Crippen LogP contribution in [-0.4, -0.2) is 26.5 Å². The van der Waals surface area contributed by atoms with Crippen molar-refractivity contribution in [3.63, 3.8) is 0 Å². The normalized spacial score (nSPS) is 14.6. The number of anilines is 2. The first-order chi connectivity index (χ1) is 9.59. The Balaban J connectivity index is 2.11. The van der Waals surface area contributed by atoms with Gasteiger partial charge in [0.1, 0.15) is 0 Å². The Morgan fingerprint density at radius 1 is 1.25 bits per heavy atom. The zero-order chi connectivity index (χ0) is 14.2. The van der Waals surface area contributed by atoms with Crippen molar-refractivity contribution in [2.45, 2.75) is 11.8 Å². The van der Waals surface area contributed by atoms with Crippen molar-refractivity contribution in [1.29, 1.82) is 0 Å². The average Bonchev–Trinajstić information content (AvgIpc) is 2.47. The highest BCUT2D eigenvalue weighted by Gasteiger charge is 2.29. The number of nitrogens with zero attached hydrogens (tertiary/aromatic N) is 2. The fourth-order valence-corrected chi connectivity index (χ4v) is 3.73. The lowest BCUT2D eigenvalue weighted by Crippen LogP contribution is -2.39. The maximum Gasteiger partial charge on any atom is 0.264 e. The summed E-state index contributed by atoms with van der Waals surface area (Å²) in [5.74, 6) is 0.612. The van der Waals surface area contributed by atoms with Crippen LogP contribution in [0.4, 0.5) is 11.5 Å². The largest absolute Gasteiger partial charge is 0.367 e. The summed E-state index contributed by atoms with van der Waals surface area (Å²) in [5.41, 5.74) is 1.54. The molecule has 0 aliphatic carbocycles. The highest BCUT2D eigenvalue weighted by atomic mass is 32.2. The van der Waals surface area contributed by atoms with E-state index >= 15 is 0 Å². The zero-order valence-electron chi connectivity index (χ0n) is 11.1. The van der Waals surface area contributed by atoms with Crippen LogP contribution in [-0.2, 0) is 10.0 Å². The van der Waals surface area contributed by atoms with E-state index in [1.165, 1.54) is 4.31 Å². The smallest absolute Gasteiger partial charge is 0.264 e. The molecule has 0 unspecified atom stereocenters. The van der Waals surface area contributed by atoms with Crippen LogP contribution in [0.2, 0.25) is 0 Å². The van der Waals surface area contributed by atoms with Gasteiger partial charge in [-0.05, 0) is 30.7 Å². The first kappa shape index (κ1) is 12.9. The van der Waals surface area contributed by atoms with Gasteiger partial charge in [-0.15, -0.1) is 0 Å². The molecule has 1 aromatic carbocycles. The quantitative estimate of drug-likeness (QED) is 0.918. The predicted molar refractivity (Wildman–Crippen MR) is 78.4 cm³/mol. The molecule has 2 aromatic rings. The van der Waals surface area contributed by atoms with Crippen molar-refractivity contribution in [3.8, 4) is 0 Å². The molecule has 0 atom stereocenters. The second-order valence-corrected chi connectivity index (χ2v) is 6.56. The Morgan fingerprint density at radius 2 is 2.00 bits per heavy atom. The van der Waals surface area contributed by atoms with Crippen molar-refractivity contribution >= 4 is 21.5 Å². The van der Waals surface area contributed by atoms with E-state index in [2.05, 4.69) is 10.3 Å². The van der Waals surface area contributed by atoms with Crippen LogP contribution >= 0.6 is 0 Å². The van der Waals surface area contributed by atoms with Gasteiger partial charge in [0.15, 0.2) is 5.82 Å². The summed E-state index contributed by atoms with van der Waals surface area (Å²) < 4.78 is 26.9. The molecule has 0 bridgehead atoms. The number of aryl methyl sites for hydroxylation is 1. The number of hydrogen-bond donors (Lipinski definition) is 1. The molecular weight excluding hydrogens is 274 g/mol. The highest BCUT2D eigenvalue weighted by Crippen LogP contribution is 2.32. The molecule has 0 fully saturated rings. The summed E-state index contributed by atoms with van der Waals surface area (Å²) in [4.78, 5) is 4.56. The molecule has 3 rings (SSSR count). The summed E-state index contributed by atoms with van der Waals surface area (Å²) in [5, 5.41) is 3.13. The summed E-state index contributed by atoms with van der Waals surface area (Å²) in [6.07, 6.45) is 1.73. The standard InChI is InChI=1S/C14H15N3O2S/c1-11-9-13-14(16-10-11)15-7-8-17(13)20(18,19)12-5-3-2-4-6-12/h2-6,9-10H,7-8H2,1H3,(H,15,16). The molecule has 5 nitrogen and oxygen atoms in total. The van der Waals surface area contributed by atoms with Crippen LogP contribution in [0.25, 0.3) is 0 Å². The number of sulfonamides is 1. The minimum absolute atomic E-state index is 0.300. The Labute approximate surface area is 118 Å². The van der Waals surface area contributed by atoms with E-state index in [0.29, 0.717) is 29.5 Å². The van der Waals surface area contributed by atoms with Crippen molar-refractivity contribution in [2.24, 2.45) is 0 Å². The average molecular weight is 289 g/mol. The molecule has 1 aliphatic heterocycles. The molecule has 104 valence electrons. The Bertz CT molecular complexity index is 729. The first-order valence-electron chi connectivity index (χ1n) is 6.37. The molecular formula is C14H15N3O2S. The van der Waals surface area contributed by atoms with Crippen molar-refractivity contribution in [2.75, 3.05) is 22.7 Å². The van der Waals surface area contributed by atoms with E-state index in [9.17, 15) is 8.42 Å². The lowest BCUT2D eigenvalue weighted by atomic mass is 10.2. The third-order valence-corrected chi connectivity index (χ3v) is 5.04. The van der Waals surface area contributed by atoms with Gasteiger partial charge in [0.05, 0.1) is 17.1 Å². The topological polar surface area (TPSA) is 62.3 Å². The van der Waals surface area contributed by atoms with Gasteiger partial charge in [-0.25, -0.2) is 13.4 Å². The summed E-state index contributed by atoms with van der Waals surface area (Å²) >= 11 is 0. The number of aromatic nitrogens is 1. The van der Waals surface area contributed by atoms with Crippen LogP contribution < -0.4 is 9.62 Å². The van der Waals surface area contributed by atoms with E-state index in [1.807, 2.05) is 13.0 Å². The van der Waals surface area contributed by atoms with Crippen LogP contribution in [0.15, 0.2) is 47.5 Å². The summed E-state index contributed by atoms with van der Waals surface area (Å²) in [6.45, 7) is 2.85. The number of hydrogen-bond acceptors (Lipinski definition) is 4. The Hall–Kier alpha value is -2.08. The molecule has 20 heavy (non-hydrogen) atoms. The Morgan fingerprint density at radius 3 is 2.75 bits per heavy atom. The van der Waals surface area contributed by atoms with Gasteiger partial charge >= 0.3 is 0 Å². The van der Waals surface area contributed by atoms with Crippen LogP contribution in [0.3, 0.4) is 0 Å². The van der Waals surface area contributed by atoms with Gasteiger partial charge in [0, 0.05) is 12.7 Å². The molecule has 0 radical (unpaired) electrons. The van der Waals surface area contributed by atoms with Gasteiger partial charge in [0.2, 0.25) is 0 Å². The molecule has 0 spiro atoms. The fraction of sp³-hybridized carbons (Fsp3) is 0.214. The maximum absolute atomic E-state index is 12.7. The van der Waals surface area contributed by atoms with Gasteiger partial charge < -0.3 is 5.32 Å². The molecule has 1 aliphatic rings. The van der Waals surface area contributed by atoms with Crippen LogP contribution in [0.1, 0.15) is 5.56 Å². The molecule has 0 amide bonds. The van der Waals surface area contributed by atoms with Crippen molar-refractivity contribution in [3.05, 3.63) is 48.2 Å². The highest BCUT2D eigenvalue weighted by molar-refractivity contribution is 7.92. The molecule has 0 saturated carbocycles. The number of nitrogens with one attached hydrogen (secondary N) is 1. The third-order valence-electron chi connectivity index (χ3n) is 3.21. The summed E-state index contributed by atoms with van der Waals surface area (Å²) in [6, 6.07) is 10.3. The van der Waals surface area contributed by atoms with E-state index in [4.69, 9.17) is 0 Å². The van der Waals surface area contributed by atoms with Crippen molar-refractivity contribution < 1.29 is 8.42 Å². The van der Waals surface area contributed by atoms with E-state index in [1.54, 1.807) is 36.5 Å². The second kappa shape index (κ2) is 4.79. The van der Waals surface area contributed by atoms with E-state index in [-0.39, 0.29) is 0 Å². The first-order valence-corrected chi connectivity index (χ1v) is 7.81. The molecule has 1 aromatic heterocycles. The van der Waals surface area contributed by atoms with Gasteiger partial charge in [-0.3, -0.25) is 4.31 Å². The second-order valence-electron chi connectivity index (χ2n) is 4.70. The zero-order valence-corrected chi connectivity index (χ0v) is 11.9. The molecule has 2 heterocycles. The number of pyridine rings is 1. The number of benzene rings is 1. The minimum Gasteiger partial charge on any atom is -0.367 e. The maximum atomic E-state index is 12.7. The molecule has 1 N–H and O–H groups in total. The van der Waals surface area contributed by atoms with Gasteiger partial charge in [-0.1, -0.05) is 18.2 Å². The number of fused-ring (bicyclic) bond motifs is 1. The van der Waals surface area contributed by atoms with E-state index < -0.39 is 10.0 Å².